The van der Waals surface area contributed by atoms with E-state index in [4.69, 9.17) is 8.85 Å². The second-order valence-electron chi connectivity index (χ2n) is 3.92. The van der Waals surface area contributed by atoms with E-state index in [1.807, 2.05) is 13.8 Å². The van der Waals surface area contributed by atoms with Crippen molar-refractivity contribution in [3.05, 3.63) is 0 Å². The van der Waals surface area contributed by atoms with Gasteiger partial charge in [-0.3, -0.25) is 9.59 Å². The third kappa shape index (κ3) is 5.74. The lowest BCUT2D eigenvalue weighted by Gasteiger charge is -2.26. The minimum Gasteiger partial charge on any atom is -0.485 e. The third-order valence-electron chi connectivity index (χ3n) is 1.50. The first-order chi connectivity index (χ1) is 6.25. The Kier molecular flexibility index (Phi) is 4.83. The summed E-state index contributed by atoms with van der Waals surface area (Å²) in [5, 5.41) is 0. The van der Waals surface area contributed by atoms with E-state index in [2.05, 4.69) is 0 Å². The minimum atomic E-state index is -2.64. The van der Waals surface area contributed by atoms with Gasteiger partial charge in [0.05, 0.1) is 0 Å². The number of carbonyl (C=O) groups is 2. The molecular formula is C9H18O4Si. The van der Waals surface area contributed by atoms with Crippen LogP contribution < -0.4 is 0 Å². The number of hydrogen-bond acceptors (Lipinski definition) is 4. The molecule has 0 aliphatic rings. The fourth-order valence-corrected chi connectivity index (χ4v) is 4.36. The summed E-state index contributed by atoms with van der Waals surface area (Å²) in [6.07, 6.45) is 0. The van der Waals surface area contributed by atoms with Crippen molar-refractivity contribution in [2.45, 2.75) is 40.3 Å². The Morgan fingerprint density at radius 2 is 1.50 bits per heavy atom. The van der Waals surface area contributed by atoms with Crippen LogP contribution in [0.3, 0.4) is 0 Å². The van der Waals surface area contributed by atoms with Crippen molar-refractivity contribution in [2.75, 3.05) is 0 Å². The quantitative estimate of drug-likeness (QED) is 0.676. The largest absolute Gasteiger partial charge is 0.485 e. The molecule has 0 saturated heterocycles. The molecule has 5 heteroatoms. The van der Waals surface area contributed by atoms with Gasteiger partial charge < -0.3 is 8.85 Å². The predicted molar refractivity (Wildman–Crippen MR) is 54.8 cm³/mol. The summed E-state index contributed by atoms with van der Waals surface area (Å²) in [7, 11) is -2.64. The van der Waals surface area contributed by atoms with Gasteiger partial charge in [-0.2, -0.15) is 0 Å². The van der Waals surface area contributed by atoms with Crippen LogP contribution in [0.2, 0.25) is 12.6 Å². The molecule has 0 saturated carbocycles. The van der Waals surface area contributed by atoms with Crippen LogP contribution in [0.25, 0.3) is 0 Å². The number of hydrogen-bond donors (Lipinski definition) is 0. The molecule has 0 aliphatic carbocycles. The first-order valence-corrected chi connectivity index (χ1v) is 7.16. The molecule has 0 heterocycles. The molecule has 0 N–H and O–H groups in total. The van der Waals surface area contributed by atoms with Gasteiger partial charge in [0.1, 0.15) is 0 Å². The van der Waals surface area contributed by atoms with Gasteiger partial charge in [0.25, 0.3) is 11.9 Å². The monoisotopic (exact) mass is 218 g/mol. The van der Waals surface area contributed by atoms with E-state index < -0.39 is 8.56 Å². The Balaban J connectivity index is 4.48. The van der Waals surface area contributed by atoms with Crippen LogP contribution >= 0.6 is 0 Å². The molecule has 0 aromatic carbocycles. The van der Waals surface area contributed by atoms with Crippen molar-refractivity contribution in [1.29, 1.82) is 0 Å². The maximum atomic E-state index is 10.8. The molecule has 0 radical (unpaired) electrons. The molecular weight excluding hydrogens is 200 g/mol. The molecule has 0 bridgehead atoms. The van der Waals surface area contributed by atoms with Crippen molar-refractivity contribution < 1.29 is 18.4 Å². The van der Waals surface area contributed by atoms with Crippen LogP contribution in [0.1, 0.15) is 27.7 Å². The van der Waals surface area contributed by atoms with Gasteiger partial charge in [0, 0.05) is 26.4 Å². The Morgan fingerprint density at radius 3 is 1.71 bits per heavy atom. The first-order valence-electron chi connectivity index (χ1n) is 4.64. The molecule has 0 aliphatic heterocycles. The molecule has 0 unspecified atom stereocenters. The van der Waals surface area contributed by atoms with Gasteiger partial charge in [0.2, 0.25) is 0 Å². The van der Waals surface area contributed by atoms with Crippen LogP contribution in [0.5, 0.6) is 0 Å². The van der Waals surface area contributed by atoms with Crippen molar-refractivity contribution in [3.63, 3.8) is 0 Å². The fourth-order valence-electron chi connectivity index (χ4n) is 1.45. The molecule has 0 aromatic rings. The van der Waals surface area contributed by atoms with E-state index in [9.17, 15) is 9.59 Å². The molecule has 0 spiro atoms. The molecule has 82 valence electrons. The van der Waals surface area contributed by atoms with Crippen molar-refractivity contribution in [1.82, 2.24) is 0 Å². The molecule has 14 heavy (non-hydrogen) atoms. The normalized spacial score (nSPS) is 11.3. The van der Waals surface area contributed by atoms with E-state index in [-0.39, 0.29) is 11.9 Å². The summed E-state index contributed by atoms with van der Waals surface area (Å²) < 4.78 is 10.2. The molecule has 0 amide bonds. The lowest BCUT2D eigenvalue weighted by Crippen LogP contribution is -2.42. The fraction of sp³-hybridized carbons (Fsp3) is 0.778. The predicted octanol–water partition coefficient (Wildman–Crippen LogP) is 1.84. The zero-order chi connectivity index (χ0) is 11.4. The summed E-state index contributed by atoms with van der Waals surface area (Å²) >= 11 is 0. The topological polar surface area (TPSA) is 52.6 Å². The Bertz CT molecular complexity index is 209. The lowest BCUT2D eigenvalue weighted by molar-refractivity contribution is -0.138. The highest BCUT2D eigenvalue weighted by Gasteiger charge is 2.38. The van der Waals surface area contributed by atoms with Crippen LogP contribution in [0.4, 0.5) is 0 Å². The Morgan fingerprint density at radius 1 is 1.14 bits per heavy atom. The van der Waals surface area contributed by atoms with E-state index in [0.29, 0.717) is 12.0 Å². The van der Waals surface area contributed by atoms with Gasteiger partial charge in [-0.1, -0.05) is 13.8 Å². The standard InChI is InChI=1S/C9H18O4Si/c1-7(2)6-14(5,12-8(3)10)13-9(4)11/h7H,6H2,1-5H3. The number of rotatable bonds is 4. The maximum absolute atomic E-state index is 10.8. The van der Waals surface area contributed by atoms with Gasteiger partial charge in [0.15, 0.2) is 0 Å². The van der Waals surface area contributed by atoms with Crippen LogP contribution in [0, 0.1) is 5.92 Å². The van der Waals surface area contributed by atoms with Crippen LogP contribution in [-0.4, -0.2) is 20.5 Å². The molecule has 0 aromatic heterocycles. The van der Waals surface area contributed by atoms with Gasteiger partial charge in [-0.25, -0.2) is 0 Å². The second kappa shape index (κ2) is 5.14. The van der Waals surface area contributed by atoms with E-state index in [0.717, 1.165) is 0 Å². The summed E-state index contributed by atoms with van der Waals surface area (Å²) in [4.78, 5) is 21.7. The van der Waals surface area contributed by atoms with Crippen LogP contribution in [-0.2, 0) is 18.4 Å². The highest BCUT2D eigenvalue weighted by atomic mass is 28.4. The SMILES string of the molecule is CC(=O)O[Si](C)(CC(C)C)OC(C)=O. The zero-order valence-corrected chi connectivity index (χ0v) is 10.4. The van der Waals surface area contributed by atoms with Gasteiger partial charge in [-0.05, 0) is 5.92 Å². The second-order valence-corrected chi connectivity index (χ2v) is 7.00. The first kappa shape index (κ1) is 13.2. The lowest BCUT2D eigenvalue weighted by atomic mass is 10.3. The summed E-state index contributed by atoms with van der Waals surface area (Å²) in [6, 6.07) is 0.631. The average molecular weight is 218 g/mol. The van der Waals surface area contributed by atoms with E-state index in [1.165, 1.54) is 13.8 Å². The molecule has 0 fully saturated rings. The zero-order valence-electron chi connectivity index (χ0n) is 9.42. The molecule has 0 atom stereocenters. The summed E-state index contributed by atoms with van der Waals surface area (Å²) in [5.41, 5.74) is 0. The molecule has 4 nitrogen and oxygen atoms in total. The van der Waals surface area contributed by atoms with Crippen molar-refractivity contribution in [2.24, 2.45) is 5.92 Å². The van der Waals surface area contributed by atoms with Crippen molar-refractivity contribution in [3.8, 4) is 0 Å². The molecule has 0 rings (SSSR count). The van der Waals surface area contributed by atoms with Crippen LogP contribution in [0.15, 0.2) is 0 Å². The van der Waals surface area contributed by atoms with Gasteiger partial charge in [-0.15, -0.1) is 0 Å². The Labute approximate surface area is 85.8 Å². The summed E-state index contributed by atoms with van der Waals surface area (Å²) in [6.45, 7) is 8.39. The van der Waals surface area contributed by atoms with Gasteiger partial charge >= 0.3 is 8.56 Å². The highest BCUT2D eigenvalue weighted by Crippen LogP contribution is 2.19. The minimum absolute atomic E-state index is 0.338. The Hall–Kier alpha value is -0.843. The average Bonchev–Trinajstić information content (AvgIpc) is 1.76. The van der Waals surface area contributed by atoms with Crippen molar-refractivity contribution >= 4 is 20.5 Å². The summed E-state index contributed by atoms with van der Waals surface area (Å²) in [5.74, 6) is -0.437. The highest BCUT2D eigenvalue weighted by molar-refractivity contribution is 6.69. The maximum Gasteiger partial charge on any atom is 0.461 e. The van der Waals surface area contributed by atoms with E-state index >= 15 is 0 Å². The smallest absolute Gasteiger partial charge is 0.461 e. The number of carbonyl (C=O) groups excluding carboxylic acids is 2. The third-order valence-corrected chi connectivity index (χ3v) is 4.49. The van der Waals surface area contributed by atoms with E-state index in [1.54, 1.807) is 6.55 Å².